The molecule has 0 fully saturated rings. The van der Waals surface area contributed by atoms with Crippen molar-refractivity contribution in [2.24, 2.45) is 0 Å². The van der Waals surface area contributed by atoms with E-state index >= 15 is 0 Å². The third-order valence-electron chi connectivity index (χ3n) is 4.10. The quantitative estimate of drug-likeness (QED) is 0.676. The van der Waals surface area contributed by atoms with E-state index in [0.29, 0.717) is 18.1 Å². The van der Waals surface area contributed by atoms with Crippen LogP contribution in [0.3, 0.4) is 0 Å². The van der Waals surface area contributed by atoms with Gasteiger partial charge < -0.3 is 15.5 Å². The lowest BCUT2D eigenvalue weighted by atomic mass is 10.1. The molecule has 0 radical (unpaired) electrons. The Balaban J connectivity index is 1.58. The molecule has 3 rings (SSSR count). The zero-order valence-corrected chi connectivity index (χ0v) is 15.5. The van der Waals surface area contributed by atoms with Gasteiger partial charge in [-0.25, -0.2) is 9.97 Å². The molecule has 2 N–H and O–H groups in total. The summed E-state index contributed by atoms with van der Waals surface area (Å²) in [6.45, 7) is 0.557. The van der Waals surface area contributed by atoms with Crippen LogP contribution in [0.15, 0.2) is 67.0 Å². The molecule has 1 amide bonds. The van der Waals surface area contributed by atoms with Crippen molar-refractivity contribution in [3.05, 3.63) is 78.2 Å². The molecule has 1 aromatic heterocycles. The second-order valence-electron chi connectivity index (χ2n) is 6.35. The molecule has 0 aliphatic carbocycles. The summed E-state index contributed by atoms with van der Waals surface area (Å²) in [4.78, 5) is 22.6. The Bertz CT molecular complexity index is 879. The molecule has 0 saturated carbocycles. The summed E-state index contributed by atoms with van der Waals surface area (Å²) in [5.74, 6) is 0.371. The monoisotopic (exact) mass is 361 g/mol. The van der Waals surface area contributed by atoms with Gasteiger partial charge in [0.05, 0.1) is 0 Å². The summed E-state index contributed by atoms with van der Waals surface area (Å²) in [5.41, 5.74) is 3.53. The summed E-state index contributed by atoms with van der Waals surface area (Å²) in [7, 11) is 3.99. The van der Waals surface area contributed by atoms with E-state index in [0.717, 1.165) is 17.8 Å². The van der Waals surface area contributed by atoms with Crippen LogP contribution < -0.4 is 15.5 Å². The minimum atomic E-state index is -0.209. The highest BCUT2D eigenvalue weighted by Crippen LogP contribution is 2.19. The lowest BCUT2D eigenvalue weighted by Gasteiger charge is -2.13. The highest BCUT2D eigenvalue weighted by atomic mass is 16.1. The first-order valence-electron chi connectivity index (χ1n) is 8.80. The van der Waals surface area contributed by atoms with E-state index in [4.69, 9.17) is 0 Å². The molecule has 1 heterocycles. The highest BCUT2D eigenvalue weighted by Gasteiger charge is 2.08. The normalized spacial score (nSPS) is 10.3. The Kier molecular flexibility index (Phi) is 5.99. The van der Waals surface area contributed by atoms with Gasteiger partial charge in [0.15, 0.2) is 0 Å². The fraction of sp³-hybridized carbons (Fsp3) is 0.190. The number of benzene rings is 2. The van der Waals surface area contributed by atoms with Gasteiger partial charge >= 0.3 is 0 Å². The summed E-state index contributed by atoms with van der Waals surface area (Å²) in [6, 6.07) is 19.7. The summed E-state index contributed by atoms with van der Waals surface area (Å²) in [5, 5.41) is 6.09. The first-order valence-corrected chi connectivity index (χ1v) is 8.80. The molecule has 2 aromatic carbocycles. The van der Waals surface area contributed by atoms with Gasteiger partial charge in [0.2, 0.25) is 0 Å². The predicted molar refractivity (Wildman–Crippen MR) is 109 cm³/mol. The van der Waals surface area contributed by atoms with Crippen LogP contribution in [-0.2, 0) is 6.42 Å². The van der Waals surface area contributed by atoms with Crippen molar-refractivity contribution in [1.82, 2.24) is 15.3 Å². The van der Waals surface area contributed by atoms with Gasteiger partial charge in [-0.05, 0) is 36.2 Å². The number of aromatic nitrogens is 2. The van der Waals surface area contributed by atoms with E-state index in [-0.39, 0.29) is 5.91 Å². The topological polar surface area (TPSA) is 70.2 Å². The van der Waals surface area contributed by atoms with Crippen LogP contribution in [0.4, 0.5) is 17.2 Å². The van der Waals surface area contributed by atoms with E-state index in [9.17, 15) is 4.79 Å². The average molecular weight is 361 g/mol. The van der Waals surface area contributed by atoms with Gasteiger partial charge in [-0.15, -0.1) is 0 Å². The molecule has 0 aliphatic rings. The van der Waals surface area contributed by atoms with Crippen molar-refractivity contribution in [1.29, 1.82) is 0 Å². The summed E-state index contributed by atoms with van der Waals surface area (Å²) < 4.78 is 0. The smallest absolute Gasteiger partial charge is 0.270 e. The van der Waals surface area contributed by atoms with Gasteiger partial charge in [-0.1, -0.05) is 30.3 Å². The molecule has 0 saturated heterocycles. The van der Waals surface area contributed by atoms with Gasteiger partial charge in [0, 0.05) is 38.1 Å². The fourth-order valence-electron chi connectivity index (χ4n) is 2.60. The van der Waals surface area contributed by atoms with Crippen LogP contribution in [-0.4, -0.2) is 36.5 Å². The number of hydrogen-bond donors (Lipinski definition) is 2. The van der Waals surface area contributed by atoms with E-state index < -0.39 is 0 Å². The fourth-order valence-corrected chi connectivity index (χ4v) is 2.60. The number of hydrogen-bond acceptors (Lipinski definition) is 5. The maximum absolute atomic E-state index is 12.3. The Morgan fingerprint density at radius 3 is 2.44 bits per heavy atom. The number of carbonyl (C=O) groups is 1. The van der Waals surface area contributed by atoms with E-state index in [1.54, 1.807) is 6.07 Å². The molecule has 0 spiro atoms. The highest BCUT2D eigenvalue weighted by molar-refractivity contribution is 5.92. The van der Waals surface area contributed by atoms with Crippen LogP contribution in [0.25, 0.3) is 0 Å². The molecule has 138 valence electrons. The molecular formula is C21H23N5O. The van der Waals surface area contributed by atoms with Crippen molar-refractivity contribution in [3.8, 4) is 0 Å². The number of rotatable bonds is 7. The molecule has 6 heteroatoms. The maximum Gasteiger partial charge on any atom is 0.270 e. The Labute approximate surface area is 159 Å². The van der Waals surface area contributed by atoms with Crippen molar-refractivity contribution in [2.45, 2.75) is 6.42 Å². The Morgan fingerprint density at radius 1 is 1.00 bits per heavy atom. The standard InChI is InChI=1S/C21H23N5O/c1-26(2)18-10-8-17(9-11-18)25-20-14-19(23-15-24-20)21(27)22-13-12-16-6-4-3-5-7-16/h3-11,14-15H,12-13H2,1-2H3,(H,22,27)(H,23,24,25). The van der Waals surface area contributed by atoms with E-state index in [2.05, 4.69) is 20.6 Å². The third kappa shape index (κ3) is 5.28. The minimum Gasteiger partial charge on any atom is -0.378 e. The Morgan fingerprint density at radius 2 is 1.74 bits per heavy atom. The molecule has 3 aromatic rings. The van der Waals surface area contributed by atoms with Gasteiger partial charge in [-0.3, -0.25) is 4.79 Å². The second kappa shape index (κ2) is 8.80. The van der Waals surface area contributed by atoms with Gasteiger partial charge in [0.1, 0.15) is 17.8 Å². The maximum atomic E-state index is 12.3. The molecule has 6 nitrogen and oxygen atoms in total. The van der Waals surface area contributed by atoms with E-state index in [1.165, 1.54) is 11.9 Å². The number of anilines is 3. The predicted octanol–water partition coefficient (Wildman–Crippen LogP) is 3.26. The van der Waals surface area contributed by atoms with Gasteiger partial charge in [-0.2, -0.15) is 0 Å². The van der Waals surface area contributed by atoms with Crippen LogP contribution >= 0.6 is 0 Å². The second-order valence-corrected chi connectivity index (χ2v) is 6.35. The van der Waals surface area contributed by atoms with Crippen molar-refractivity contribution in [3.63, 3.8) is 0 Å². The van der Waals surface area contributed by atoms with Crippen molar-refractivity contribution in [2.75, 3.05) is 30.9 Å². The van der Waals surface area contributed by atoms with Crippen molar-refractivity contribution < 1.29 is 4.79 Å². The first kappa shape index (κ1) is 18.4. The largest absolute Gasteiger partial charge is 0.378 e. The Hall–Kier alpha value is -3.41. The lowest BCUT2D eigenvalue weighted by Crippen LogP contribution is -2.26. The lowest BCUT2D eigenvalue weighted by molar-refractivity contribution is 0.0949. The number of carbonyl (C=O) groups excluding carboxylic acids is 1. The molecule has 0 unspecified atom stereocenters. The minimum absolute atomic E-state index is 0.209. The zero-order valence-electron chi connectivity index (χ0n) is 15.5. The van der Waals surface area contributed by atoms with Crippen LogP contribution in [0.1, 0.15) is 16.1 Å². The van der Waals surface area contributed by atoms with Crippen LogP contribution in [0, 0.1) is 0 Å². The number of nitrogens with zero attached hydrogens (tertiary/aromatic N) is 3. The van der Waals surface area contributed by atoms with Crippen LogP contribution in [0.2, 0.25) is 0 Å². The van der Waals surface area contributed by atoms with Crippen LogP contribution in [0.5, 0.6) is 0 Å². The number of amides is 1. The first-order chi connectivity index (χ1) is 13.1. The average Bonchev–Trinajstić information content (AvgIpc) is 2.69. The SMILES string of the molecule is CN(C)c1ccc(Nc2cc(C(=O)NCCc3ccccc3)ncn2)cc1. The third-order valence-corrected chi connectivity index (χ3v) is 4.10. The van der Waals surface area contributed by atoms with E-state index in [1.807, 2.05) is 73.6 Å². The molecule has 0 atom stereocenters. The van der Waals surface area contributed by atoms with Gasteiger partial charge in [0.25, 0.3) is 5.91 Å². The summed E-state index contributed by atoms with van der Waals surface area (Å²) in [6.07, 6.45) is 2.17. The molecule has 0 bridgehead atoms. The molecule has 0 aliphatic heterocycles. The van der Waals surface area contributed by atoms with Crippen molar-refractivity contribution >= 4 is 23.1 Å². The number of nitrogens with one attached hydrogen (secondary N) is 2. The molecular weight excluding hydrogens is 338 g/mol. The molecule has 27 heavy (non-hydrogen) atoms. The zero-order chi connectivity index (χ0) is 19.1. The summed E-state index contributed by atoms with van der Waals surface area (Å²) >= 11 is 0.